The summed E-state index contributed by atoms with van der Waals surface area (Å²) in [5.41, 5.74) is 0.927. The van der Waals surface area contributed by atoms with Crippen LogP contribution in [0.2, 0.25) is 5.02 Å². The van der Waals surface area contributed by atoms with Crippen LogP contribution in [-0.4, -0.2) is 31.1 Å². The Labute approximate surface area is 155 Å². The Bertz CT molecular complexity index is 721. The van der Waals surface area contributed by atoms with Gasteiger partial charge in [-0.3, -0.25) is 10.1 Å². The summed E-state index contributed by atoms with van der Waals surface area (Å²) < 4.78 is 18.2. The van der Waals surface area contributed by atoms with E-state index in [-0.39, 0.29) is 10.6 Å². The van der Waals surface area contributed by atoms with Crippen molar-refractivity contribution in [2.24, 2.45) is 0 Å². The first-order chi connectivity index (χ1) is 12.5. The van der Waals surface area contributed by atoms with Crippen molar-refractivity contribution in [2.75, 3.05) is 13.2 Å². The smallest absolute Gasteiger partial charge is 0.341 e. The van der Waals surface area contributed by atoms with Gasteiger partial charge in [0.25, 0.3) is 5.91 Å². The first kappa shape index (κ1) is 19.9. The number of allylic oxidation sites excluding steroid dienone is 1. The second-order valence-electron chi connectivity index (χ2n) is 5.86. The molecular weight excluding hydrogens is 363 g/mol. The van der Waals surface area contributed by atoms with Crippen LogP contribution in [0.15, 0.2) is 29.8 Å². The van der Waals surface area contributed by atoms with Gasteiger partial charge in [-0.25, -0.2) is 14.0 Å². The highest BCUT2D eigenvalue weighted by molar-refractivity contribution is 6.30. The maximum Gasteiger partial charge on any atom is 0.341 e. The molecular formula is C18H20ClFN2O4. The number of hydrogen-bond acceptors (Lipinski definition) is 4. The predicted molar refractivity (Wildman–Crippen MR) is 94.4 cm³/mol. The van der Waals surface area contributed by atoms with Crippen LogP contribution < -0.4 is 10.6 Å². The molecule has 0 aliphatic heterocycles. The summed E-state index contributed by atoms with van der Waals surface area (Å²) in [6.07, 6.45) is 7.39. The zero-order valence-corrected chi connectivity index (χ0v) is 14.9. The van der Waals surface area contributed by atoms with Gasteiger partial charge in [-0.1, -0.05) is 23.3 Å². The van der Waals surface area contributed by atoms with E-state index in [4.69, 9.17) is 11.6 Å². The number of esters is 1. The monoisotopic (exact) mass is 382 g/mol. The Balaban J connectivity index is 1.69. The number of ether oxygens (including phenoxy) is 1. The molecule has 0 heterocycles. The fourth-order valence-electron chi connectivity index (χ4n) is 2.54. The number of carbonyl (C=O) groups excluding carboxylic acids is 3. The first-order valence-corrected chi connectivity index (χ1v) is 8.71. The van der Waals surface area contributed by atoms with Gasteiger partial charge in [0.2, 0.25) is 0 Å². The number of benzene rings is 1. The molecule has 1 aromatic carbocycles. The Morgan fingerprint density at radius 2 is 2.04 bits per heavy atom. The Morgan fingerprint density at radius 1 is 1.23 bits per heavy atom. The molecule has 0 spiro atoms. The summed E-state index contributed by atoms with van der Waals surface area (Å²) in [6.45, 7) is -0.290. The summed E-state index contributed by atoms with van der Waals surface area (Å²) in [5.74, 6) is -2.66. The molecule has 0 radical (unpaired) electrons. The molecule has 0 aromatic heterocycles. The summed E-state index contributed by atoms with van der Waals surface area (Å²) in [5, 5.41) is 4.77. The SMILES string of the molecule is O=C(COC(=O)c1cc(Cl)ccc1F)NC(=O)NCCC1=CCCCC1. The fourth-order valence-corrected chi connectivity index (χ4v) is 2.71. The maximum absolute atomic E-state index is 13.5. The molecule has 0 bridgehead atoms. The summed E-state index contributed by atoms with van der Waals surface area (Å²) in [7, 11) is 0. The second kappa shape index (κ2) is 9.91. The molecule has 1 aliphatic rings. The van der Waals surface area contributed by atoms with Crippen molar-refractivity contribution in [2.45, 2.75) is 32.1 Å². The molecule has 140 valence electrons. The lowest BCUT2D eigenvalue weighted by molar-refractivity contribution is -0.123. The van der Waals surface area contributed by atoms with Crippen LogP contribution >= 0.6 is 11.6 Å². The lowest BCUT2D eigenvalue weighted by Crippen LogP contribution is -2.41. The molecule has 1 aliphatic carbocycles. The zero-order valence-electron chi connectivity index (χ0n) is 14.1. The van der Waals surface area contributed by atoms with E-state index >= 15 is 0 Å². The number of nitrogens with one attached hydrogen (secondary N) is 2. The molecule has 0 atom stereocenters. The molecule has 0 saturated heterocycles. The normalized spacial score (nSPS) is 13.5. The molecule has 6 nitrogen and oxygen atoms in total. The van der Waals surface area contributed by atoms with Crippen molar-refractivity contribution in [1.82, 2.24) is 10.6 Å². The average Bonchev–Trinajstić information content (AvgIpc) is 2.62. The van der Waals surface area contributed by atoms with Crippen LogP contribution in [0.5, 0.6) is 0 Å². The van der Waals surface area contributed by atoms with E-state index in [0.29, 0.717) is 6.54 Å². The first-order valence-electron chi connectivity index (χ1n) is 8.33. The highest BCUT2D eigenvalue weighted by Crippen LogP contribution is 2.19. The topological polar surface area (TPSA) is 84.5 Å². The number of imide groups is 1. The minimum absolute atomic E-state index is 0.162. The largest absolute Gasteiger partial charge is 0.452 e. The van der Waals surface area contributed by atoms with E-state index in [9.17, 15) is 18.8 Å². The Morgan fingerprint density at radius 3 is 2.77 bits per heavy atom. The van der Waals surface area contributed by atoms with Crippen LogP contribution in [-0.2, 0) is 9.53 Å². The molecule has 0 fully saturated rings. The molecule has 3 amide bonds. The molecule has 26 heavy (non-hydrogen) atoms. The van der Waals surface area contributed by atoms with Crippen LogP contribution in [0.3, 0.4) is 0 Å². The molecule has 2 rings (SSSR count). The van der Waals surface area contributed by atoms with Crippen molar-refractivity contribution < 1.29 is 23.5 Å². The van der Waals surface area contributed by atoms with Crippen molar-refractivity contribution in [3.05, 3.63) is 46.3 Å². The van der Waals surface area contributed by atoms with Gasteiger partial charge in [0.15, 0.2) is 6.61 Å². The molecule has 1 aromatic rings. The van der Waals surface area contributed by atoms with Crippen LogP contribution in [0.25, 0.3) is 0 Å². The lowest BCUT2D eigenvalue weighted by atomic mass is 9.97. The van der Waals surface area contributed by atoms with Crippen molar-refractivity contribution >= 4 is 29.5 Å². The molecule has 0 saturated carbocycles. The highest BCUT2D eigenvalue weighted by Gasteiger charge is 2.16. The fraction of sp³-hybridized carbons (Fsp3) is 0.389. The van der Waals surface area contributed by atoms with E-state index in [1.807, 2.05) is 5.32 Å². The van der Waals surface area contributed by atoms with E-state index in [1.54, 1.807) is 0 Å². The number of urea groups is 1. The van der Waals surface area contributed by atoms with Crippen LogP contribution in [0.4, 0.5) is 9.18 Å². The number of rotatable bonds is 6. The van der Waals surface area contributed by atoms with E-state index in [1.165, 1.54) is 18.1 Å². The third-order valence-corrected chi connectivity index (χ3v) is 4.09. The van der Waals surface area contributed by atoms with Crippen molar-refractivity contribution in [3.8, 4) is 0 Å². The quantitative estimate of drug-likeness (QED) is 0.583. The van der Waals surface area contributed by atoms with Gasteiger partial charge >= 0.3 is 12.0 Å². The third kappa shape index (κ3) is 6.48. The van der Waals surface area contributed by atoms with E-state index < -0.39 is 30.3 Å². The van der Waals surface area contributed by atoms with Crippen LogP contribution in [0.1, 0.15) is 42.5 Å². The minimum Gasteiger partial charge on any atom is -0.452 e. The van der Waals surface area contributed by atoms with Gasteiger partial charge in [-0.2, -0.15) is 0 Å². The lowest BCUT2D eigenvalue weighted by Gasteiger charge is -2.13. The van der Waals surface area contributed by atoms with Gasteiger partial charge in [-0.15, -0.1) is 0 Å². The summed E-state index contributed by atoms with van der Waals surface area (Å²) in [4.78, 5) is 35.0. The maximum atomic E-state index is 13.5. The zero-order chi connectivity index (χ0) is 18.9. The number of halogens is 2. The van der Waals surface area contributed by atoms with Gasteiger partial charge in [0.05, 0.1) is 5.56 Å². The van der Waals surface area contributed by atoms with Crippen molar-refractivity contribution in [1.29, 1.82) is 0 Å². The predicted octanol–water partition coefficient (Wildman–Crippen LogP) is 3.35. The standard InChI is InChI=1S/C18H20ClFN2O4/c19-13-6-7-15(20)14(10-13)17(24)26-11-16(23)22-18(25)21-9-8-12-4-2-1-3-5-12/h4,6-7,10H,1-3,5,8-9,11H2,(H2,21,22,23,25). The summed E-state index contributed by atoms with van der Waals surface area (Å²) >= 11 is 5.69. The van der Waals surface area contributed by atoms with Gasteiger partial charge < -0.3 is 10.1 Å². The van der Waals surface area contributed by atoms with Crippen molar-refractivity contribution in [3.63, 3.8) is 0 Å². The molecule has 8 heteroatoms. The molecule has 2 N–H and O–H groups in total. The highest BCUT2D eigenvalue weighted by atomic mass is 35.5. The number of hydrogen-bond donors (Lipinski definition) is 2. The van der Waals surface area contributed by atoms with Gasteiger partial charge in [0.1, 0.15) is 5.82 Å². The number of amides is 3. The number of carbonyl (C=O) groups is 3. The average molecular weight is 383 g/mol. The van der Waals surface area contributed by atoms with Gasteiger partial charge in [0, 0.05) is 11.6 Å². The minimum atomic E-state index is -1.04. The third-order valence-electron chi connectivity index (χ3n) is 3.85. The van der Waals surface area contributed by atoms with Gasteiger partial charge in [-0.05, 0) is 50.3 Å². The second-order valence-corrected chi connectivity index (χ2v) is 6.30. The Kier molecular flexibility index (Phi) is 7.59. The summed E-state index contributed by atoms with van der Waals surface area (Å²) in [6, 6.07) is 2.74. The molecule has 0 unspecified atom stereocenters. The van der Waals surface area contributed by atoms with E-state index in [2.05, 4.69) is 16.1 Å². The Hall–Kier alpha value is -2.41. The van der Waals surface area contributed by atoms with E-state index in [0.717, 1.165) is 37.8 Å². The van der Waals surface area contributed by atoms with Crippen LogP contribution in [0, 0.1) is 5.82 Å².